The molecule has 4 N–H and O–H groups in total. The smallest absolute Gasteiger partial charge is 0.241 e. The maximum atomic E-state index is 12.4. The van der Waals surface area contributed by atoms with Gasteiger partial charge in [-0.25, -0.2) is 13.1 Å². The molecule has 0 bridgehead atoms. The van der Waals surface area contributed by atoms with Crippen molar-refractivity contribution < 1.29 is 18.3 Å². The predicted molar refractivity (Wildman–Crippen MR) is 77.5 cm³/mol. The van der Waals surface area contributed by atoms with Crippen LogP contribution in [0.4, 0.5) is 5.69 Å². The summed E-state index contributed by atoms with van der Waals surface area (Å²) in [5.41, 5.74) is 6.35. The van der Waals surface area contributed by atoms with Crippen molar-refractivity contribution in [1.29, 1.82) is 0 Å². The van der Waals surface area contributed by atoms with Crippen LogP contribution >= 0.6 is 0 Å². The van der Waals surface area contributed by atoms with E-state index in [0.29, 0.717) is 5.75 Å². The highest BCUT2D eigenvalue weighted by Crippen LogP contribution is 2.33. The van der Waals surface area contributed by atoms with Gasteiger partial charge < -0.3 is 15.6 Å². The normalized spacial score (nSPS) is 17.2. The number of fused-ring (bicyclic) bond motifs is 1. The van der Waals surface area contributed by atoms with Crippen LogP contribution in [0, 0.1) is 0 Å². The van der Waals surface area contributed by atoms with Crippen LogP contribution in [0.2, 0.25) is 0 Å². The van der Waals surface area contributed by atoms with Crippen molar-refractivity contribution in [2.45, 2.75) is 10.9 Å². The van der Waals surface area contributed by atoms with Crippen LogP contribution in [0.3, 0.4) is 0 Å². The van der Waals surface area contributed by atoms with Crippen LogP contribution in [0.1, 0.15) is 11.6 Å². The first-order chi connectivity index (χ1) is 9.97. The molecule has 1 unspecified atom stereocenters. The fourth-order valence-electron chi connectivity index (χ4n) is 2.22. The second-order valence-electron chi connectivity index (χ2n) is 4.74. The molecule has 0 saturated heterocycles. The van der Waals surface area contributed by atoms with Gasteiger partial charge in [0.1, 0.15) is 18.1 Å². The molecule has 0 fully saturated rings. The van der Waals surface area contributed by atoms with Crippen molar-refractivity contribution >= 4 is 15.7 Å². The fraction of sp³-hybridized carbons (Fsp3) is 0.143. The molecule has 0 aliphatic carbocycles. The quantitative estimate of drug-likeness (QED) is 0.587. The Kier molecular flexibility index (Phi) is 3.23. The lowest BCUT2D eigenvalue weighted by Gasteiger charge is -2.13. The summed E-state index contributed by atoms with van der Waals surface area (Å²) in [5.74, 6) is 0.527. The molecule has 2 aromatic carbocycles. The average molecular weight is 306 g/mol. The van der Waals surface area contributed by atoms with E-state index in [-0.39, 0.29) is 22.9 Å². The van der Waals surface area contributed by atoms with E-state index >= 15 is 0 Å². The molecule has 0 aromatic heterocycles. The van der Waals surface area contributed by atoms with Gasteiger partial charge in [0.15, 0.2) is 0 Å². The number of hydrogen-bond donors (Lipinski definition) is 3. The van der Waals surface area contributed by atoms with Gasteiger partial charge in [0.25, 0.3) is 0 Å². The Bertz CT molecular complexity index is 789. The predicted octanol–water partition coefficient (Wildman–Crippen LogP) is 1.39. The van der Waals surface area contributed by atoms with Crippen LogP contribution in [-0.4, -0.2) is 20.1 Å². The fourth-order valence-corrected chi connectivity index (χ4v) is 3.45. The zero-order valence-electron chi connectivity index (χ0n) is 11.0. The Balaban J connectivity index is 1.89. The third kappa shape index (κ3) is 2.53. The Labute approximate surface area is 122 Å². The number of benzene rings is 2. The van der Waals surface area contributed by atoms with E-state index in [1.807, 2.05) is 18.2 Å². The highest BCUT2D eigenvalue weighted by molar-refractivity contribution is 7.89. The minimum absolute atomic E-state index is 0.00202. The van der Waals surface area contributed by atoms with Crippen LogP contribution in [0.25, 0.3) is 0 Å². The van der Waals surface area contributed by atoms with Crippen molar-refractivity contribution in [3.8, 4) is 11.5 Å². The first kappa shape index (κ1) is 13.7. The summed E-state index contributed by atoms with van der Waals surface area (Å²) < 4.78 is 32.7. The second kappa shape index (κ2) is 4.94. The molecule has 0 radical (unpaired) electrons. The topological polar surface area (TPSA) is 102 Å². The first-order valence-electron chi connectivity index (χ1n) is 6.30. The number of rotatable bonds is 3. The van der Waals surface area contributed by atoms with Gasteiger partial charge in [-0.05, 0) is 24.3 Å². The summed E-state index contributed by atoms with van der Waals surface area (Å²) in [4.78, 5) is 0.00202. The third-order valence-electron chi connectivity index (χ3n) is 3.31. The van der Waals surface area contributed by atoms with Crippen molar-refractivity contribution in [3.05, 3.63) is 48.0 Å². The van der Waals surface area contributed by atoms with Crippen LogP contribution < -0.4 is 15.2 Å². The minimum Gasteiger partial charge on any atom is -0.506 e. The van der Waals surface area contributed by atoms with Gasteiger partial charge in [0.2, 0.25) is 10.0 Å². The maximum Gasteiger partial charge on any atom is 0.241 e. The molecule has 1 aliphatic rings. The van der Waals surface area contributed by atoms with Crippen molar-refractivity contribution in [3.63, 3.8) is 0 Å². The number of nitrogens with two attached hydrogens (primary N) is 1. The lowest BCUT2D eigenvalue weighted by atomic mass is 10.1. The van der Waals surface area contributed by atoms with Crippen LogP contribution in [-0.2, 0) is 10.0 Å². The lowest BCUT2D eigenvalue weighted by molar-refractivity contribution is 0.325. The van der Waals surface area contributed by atoms with Gasteiger partial charge >= 0.3 is 0 Å². The van der Waals surface area contributed by atoms with E-state index < -0.39 is 16.1 Å². The molecule has 7 heteroatoms. The molecule has 110 valence electrons. The zero-order valence-corrected chi connectivity index (χ0v) is 11.8. The van der Waals surface area contributed by atoms with Gasteiger partial charge in [0, 0.05) is 5.56 Å². The first-order valence-corrected chi connectivity index (χ1v) is 7.78. The maximum absolute atomic E-state index is 12.4. The van der Waals surface area contributed by atoms with Gasteiger partial charge in [0.05, 0.1) is 16.6 Å². The molecular formula is C14H14N2O4S. The Morgan fingerprint density at radius 1 is 1.24 bits per heavy atom. The molecule has 21 heavy (non-hydrogen) atoms. The number of sulfonamides is 1. The summed E-state index contributed by atoms with van der Waals surface area (Å²) in [7, 11) is -3.75. The molecule has 0 saturated carbocycles. The number of aromatic hydroxyl groups is 1. The standard InChI is InChI=1S/C14H14N2O4S/c15-11-7-9(5-6-13(11)17)21(18,19)16-12-8-20-14-4-2-1-3-10(12)14/h1-7,12,16-17H,8,15H2. The summed E-state index contributed by atoms with van der Waals surface area (Å²) >= 11 is 0. The summed E-state index contributed by atoms with van der Waals surface area (Å²) in [6.45, 7) is 0.242. The largest absolute Gasteiger partial charge is 0.506 e. The Hall–Kier alpha value is -2.25. The van der Waals surface area contributed by atoms with Crippen molar-refractivity contribution in [2.24, 2.45) is 0 Å². The van der Waals surface area contributed by atoms with E-state index in [1.165, 1.54) is 18.2 Å². The number of phenols is 1. The van der Waals surface area contributed by atoms with Crippen molar-refractivity contribution in [2.75, 3.05) is 12.3 Å². The second-order valence-corrected chi connectivity index (χ2v) is 6.46. The van der Waals surface area contributed by atoms with Gasteiger partial charge in [-0.15, -0.1) is 0 Å². The number of nitrogens with one attached hydrogen (secondary N) is 1. The molecule has 1 heterocycles. The zero-order chi connectivity index (χ0) is 15.0. The number of anilines is 1. The number of hydrogen-bond acceptors (Lipinski definition) is 5. The van der Waals surface area contributed by atoms with Gasteiger partial charge in [-0.2, -0.15) is 0 Å². The molecule has 0 amide bonds. The molecule has 2 aromatic rings. The van der Waals surface area contributed by atoms with Gasteiger partial charge in [-0.1, -0.05) is 18.2 Å². The monoisotopic (exact) mass is 306 g/mol. The Morgan fingerprint density at radius 3 is 2.76 bits per heavy atom. The van der Waals surface area contributed by atoms with E-state index in [4.69, 9.17) is 10.5 Å². The molecule has 0 spiro atoms. The summed E-state index contributed by atoms with van der Waals surface area (Å²) in [5, 5.41) is 9.36. The van der Waals surface area contributed by atoms with Crippen molar-refractivity contribution in [1.82, 2.24) is 4.72 Å². The van der Waals surface area contributed by atoms with Crippen LogP contribution in [0.5, 0.6) is 11.5 Å². The highest BCUT2D eigenvalue weighted by Gasteiger charge is 2.28. The molecule has 1 aliphatic heterocycles. The van der Waals surface area contributed by atoms with E-state index in [2.05, 4.69) is 4.72 Å². The Morgan fingerprint density at radius 2 is 2.00 bits per heavy atom. The third-order valence-corrected chi connectivity index (χ3v) is 4.78. The molecule has 6 nitrogen and oxygen atoms in total. The highest BCUT2D eigenvalue weighted by atomic mass is 32.2. The summed E-state index contributed by atoms with van der Waals surface area (Å²) in [6, 6.07) is 10.6. The molecule has 3 rings (SSSR count). The number of para-hydroxylation sites is 1. The number of ether oxygens (including phenoxy) is 1. The van der Waals surface area contributed by atoms with E-state index in [1.54, 1.807) is 6.07 Å². The minimum atomic E-state index is -3.75. The SMILES string of the molecule is Nc1cc(S(=O)(=O)NC2COc3ccccc32)ccc1O. The van der Waals surface area contributed by atoms with E-state index in [9.17, 15) is 13.5 Å². The molecular weight excluding hydrogens is 292 g/mol. The molecule has 1 atom stereocenters. The van der Waals surface area contributed by atoms with Gasteiger partial charge in [-0.3, -0.25) is 0 Å². The van der Waals surface area contributed by atoms with E-state index in [0.717, 1.165) is 5.56 Å². The average Bonchev–Trinajstić information content (AvgIpc) is 2.85. The van der Waals surface area contributed by atoms with Crippen LogP contribution in [0.15, 0.2) is 47.4 Å². The number of phenolic OH excluding ortho intramolecular Hbond substituents is 1. The summed E-state index contributed by atoms with van der Waals surface area (Å²) in [6.07, 6.45) is 0. The number of nitrogen functional groups attached to an aromatic ring is 1. The lowest BCUT2D eigenvalue weighted by Crippen LogP contribution is -2.29.